The topological polar surface area (TPSA) is 65.8 Å². The lowest BCUT2D eigenvalue weighted by Crippen LogP contribution is -2.24. The molecule has 0 bridgehead atoms. The van der Waals surface area contributed by atoms with Gasteiger partial charge >= 0.3 is 5.69 Å². The summed E-state index contributed by atoms with van der Waals surface area (Å²) in [7, 11) is 0. The molecule has 0 saturated carbocycles. The number of para-hydroxylation sites is 2. The van der Waals surface area contributed by atoms with Gasteiger partial charge < -0.3 is 4.52 Å². The number of aromatic nitrogens is 4. The zero-order valence-corrected chi connectivity index (χ0v) is 10.8. The quantitative estimate of drug-likeness (QED) is 0.715. The molecular weight excluding hydrogens is 244 g/mol. The van der Waals surface area contributed by atoms with Crippen LogP contribution in [0.2, 0.25) is 0 Å². The number of aryl methyl sites for hydroxylation is 2. The van der Waals surface area contributed by atoms with Crippen LogP contribution >= 0.6 is 0 Å². The molecule has 0 aliphatic rings. The molecule has 2 heterocycles. The largest absolute Gasteiger partial charge is 0.337 e. The van der Waals surface area contributed by atoms with Crippen LogP contribution in [-0.2, 0) is 13.1 Å². The fourth-order valence-electron chi connectivity index (χ4n) is 2.27. The minimum Gasteiger partial charge on any atom is -0.337 e. The molecule has 0 spiro atoms. The Hall–Kier alpha value is -2.37. The maximum Gasteiger partial charge on any atom is 0.329 e. The highest BCUT2D eigenvalue weighted by Crippen LogP contribution is 2.13. The monoisotopic (exact) mass is 258 g/mol. The fourth-order valence-corrected chi connectivity index (χ4v) is 2.27. The molecule has 0 atom stereocenters. The first kappa shape index (κ1) is 11.7. The van der Waals surface area contributed by atoms with Crippen molar-refractivity contribution in [2.24, 2.45) is 0 Å². The van der Waals surface area contributed by atoms with E-state index < -0.39 is 0 Å². The molecule has 98 valence electrons. The van der Waals surface area contributed by atoms with Crippen LogP contribution in [0, 0.1) is 6.92 Å². The Labute approximate surface area is 109 Å². The van der Waals surface area contributed by atoms with E-state index in [1.807, 2.05) is 31.2 Å². The maximum atomic E-state index is 12.4. The van der Waals surface area contributed by atoms with Gasteiger partial charge in [-0.15, -0.1) is 0 Å². The Morgan fingerprint density at radius 2 is 1.89 bits per heavy atom. The molecule has 6 nitrogen and oxygen atoms in total. The summed E-state index contributed by atoms with van der Waals surface area (Å²) in [6.45, 7) is 4.64. The molecule has 1 aromatic carbocycles. The predicted octanol–water partition coefficient (Wildman–Crippen LogP) is 1.56. The number of hydrogen-bond acceptors (Lipinski definition) is 4. The van der Waals surface area contributed by atoms with Gasteiger partial charge in [-0.25, -0.2) is 4.79 Å². The van der Waals surface area contributed by atoms with Gasteiger partial charge in [-0.1, -0.05) is 17.3 Å². The molecule has 2 aromatic heterocycles. The third-order valence-electron chi connectivity index (χ3n) is 3.10. The molecule has 0 radical (unpaired) electrons. The van der Waals surface area contributed by atoms with Gasteiger partial charge in [0.2, 0.25) is 5.89 Å². The third-order valence-corrected chi connectivity index (χ3v) is 3.10. The Morgan fingerprint density at radius 1 is 1.21 bits per heavy atom. The molecule has 3 rings (SSSR count). The predicted molar refractivity (Wildman–Crippen MR) is 70.0 cm³/mol. The molecule has 0 fully saturated rings. The number of benzene rings is 1. The minimum absolute atomic E-state index is 0.0560. The molecule has 19 heavy (non-hydrogen) atoms. The van der Waals surface area contributed by atoms with Crippen molar-refractivity contribution in [2.45, 2.75) is 26.9 Å². The molecule has 6 heteroatoms. The summed E-state index contributed by atoms with van der Waals surface area (Å²) >= 11 is 0. The second-order valence-electron chi connectivity index (χ2n) is 4.34. The summed E-state index contributed by atoms with van der Waals surface area (Å²) in [6.07, 6.45) is 0. The number of hydrogen-bond donors (Lipinski definition) is 0. The number of rotatable bonds is 3. The minimum atomic E-state index is -0.0560. The lowest BCUT2D eigenvalue weighted by Gasteiger charge is -1.97. The molecule has 0 aliphatic carbocycles. The van der Waals surface area contributed by atoms with E-state index in [1.54, 1.807) is 16.1 Å². The summed E-state index contributed by atoms with van der Waals surface area (Å²) in [4.78, 5) is 16.5. The molecule has 0 unspecified atom stereocenters. The average Bonchev–Trinajstić information content (AvgIpc) is 2.93. The Balaban J connectivity index is 2.18. The number of imidazole rings is 1. The van der Waals surface area contributed by atoms with Crippen molar-refractivity contribution in [3.05, 3.63) is 46.5 Å². The van der Waals surface area contributed by atoms with Crippen LogP contribution in [0.1, 0.15) is 18.6 Å². The van der Waals surface area contributed by atoms with Crippen molar-refractivity contribution in [1.82, 2.24) is 19.3 Å². The first-order chi connectivity index (χ1) is 9.20. The summed E-state index contributed by atoms with van der Waals surface area (Å²) in [6, 6.07) is 7.70. The summed E-state index contributed by atoms with van der Waals surface area (Å²) in [5, 5.41) is 3.74. The highest BCUT2D eigenvalue weighted by atomic mass is 16.5. The normalized spacial score (nSPS) is 11.3. The van der Waals surface area contributed by atoms with E-state index in [9.17, 15) is 4.79 Å². The third kappa shape index (κ3) is 1.85. The van der Waals surface area contributed by atoms with Crippen LogP contribution in [0.5, 0.6) is 0 Å². The zero-order chi connectivity index (χ0) is 13.4. The Bertz CT molecular complexity index is 781. The van der Waals surface area contributed by atoms with Gasteiger partial charge in [0.1, 0.15) is 6.54 Å². The fraction of sp³-hybridized carbons (Fsp3) is 0.308. The van der Waals surface area contributed by atoms with Crippen LogP contribution < -0.4 is 5.69 Å². The lowest BCUT2D eigenvalue weighted by molar-refractivity contribution is 0.367. The standard InChI is InChI=1S/C13H14N4O2/c1-3-16-10-6-4-5-7-11(10)17(13(16)18)8-12-14-9(2)15-19-12/h4-7H,3,8H2,1-2H3. The second kappa shape index (κ2) is 4.38. The number of nitrogens with zero attached hydrogens (tertiary/aromatic N) is 4. The highest BCUT2D eigenvalue weighted by molar-refractivity contribution is 5.76. The molecule has 3 aromatic rings. The average molecular weight is 258 g/mol. The van der Waals surface area contributed by atoms with Crippen LogP contribution in [0.3, 0.4) is 0 Å². The number of fused-ring (bicyclic) bond motifs is 1. The lowest BCUT2D eigenvalue weighted by atomic mass is 10.3. The van der Waals surface area contributed by atoms with Gasteiger partial charge in [0.05, 0.1) is 11.0 Å². The van der Waals surface area contributed by atoms with E-state index in [0.717, 1.165) is 11.0 Å². The SMILES string of the molecule is CCn1c(=O)n(Cc2nc(C)no2)c2ccccc21. The summed E-state index contributed by atoms with van der Waals surface area (Å²) in [5.41, 5.74) is 1.75. The van der Waals surface area contributed by atoms with E-state index in [2.05, 4.69) is 10.1 Å². The zero-order valence-electron chi connectivity index (χ0n) is 10.8. The highest BCUT2D eigenvalue weighted by Gasteiger charge is 2.14. The maximum absolute atomic E-state index is 12.4. The Morgan fingerprint density at radius 3 is 2.47 bits per heavy atom. The van der Waals surface area contributed by atoms with Crippen molar-refractivity contribution in [1.29, 1.82) is 0 Å². The van der Waals surface area contributed by atoms with Crippen molar-refractivity contribution in [3.8, 4) is 0 Å². The van der Waals surface area contributed by atoms with Gasteiger partial charge in [-0.2, -0.15) is 4.98 Å². The van der Waals surface area contributed by atoms with E-state index in [4.69, 9.17) is 4.52 Å². The first-order valence-electron chi connectivity index (χ1n) is 6.18. The van der Waals surface area contributed by atoms with Crippen LogP contribution in [0.25, 0.3) is 11.0 Å². The van der Waals surface area contributed by atoms with Crippen LogP contribution in [0.15, 0.2) is 33.6 Å². The van der Waals surface area contributed by atoms with E-state index in [1.165, 1.54) is 0 Å². The van der Waals surface area contributed by atoms with E-state index in [-0.39, 0.29) is 5.69 Å². The van der Waals surface area contributed by atoms with Crippen LogP contribution in [-0.4, -0.2) is 19.3 Å². The Kier molecular flexibility index (Phi) is 2.70. The smallest absolute Gasteiger partial charge is 0.329 e. The second-order valence-corrected chi connectivity index (χ2v) is 4.34. The van der Waals surface area contributed by atoms with Crippen molar-refractivity contribution in [3.63, 3.8) is 0 Å². The van der Waals surface area contributed by atoms with Crippen molar-refractivity contribution in [2.75, 3.05) is 0 Å². The molecule has 0 aliphatic heterocycles. The van der Waals surface area contributed by atoms with E-state index in [0.29, 0.717) is 24.8 Å². The molecule has 0 saturated heterocycles. The van der Waals surface area contributed by atoms with Gasteiger partial charge in [0, 0.05) is 6.54 Å². The van der Waals surface area contributed by atoms with Gasteiger partial charge in [0.15, 0.2) is 5.82 Å². The van der Waals surface area contributed by atoms with E-state index >= 15 is 0 Å². The van der Waals surface area contributed by atoms with Crippen LogP contribution in [0.4, 0.5) is 0 Å². The van der Waals surface area contributed by atoms with Gasteiger partial charge in [-0.05, 0) is 26.0 Å². The van der Waals surface area contributed by atoms with Crippen molar-refractivity contribution < 1.29 is 4.52 Å². The summed E-state index contributed by atoms with van der Waals surface area (Å²) in [5.74, 6) is 1.01. The summed E-state index contributed by atoms with van der Waals surface area (Å²) < 4.78 is 8.48. The first-order valence-corrected chi connectivity index (χ1v) is 6.18. The van der Waals surface area contributed by atoms with Gasteiger partial charge in [0.25, 0.3) is 0 Å². The van der Waals surface area contributed by atoms with Crippen molar-refractivity contribution >= 4 is 11.0 Å². The molecular formula is C13H14N4O2. The van der Waals surface area contributed by atoms with Gasteiger partial charge in [-0.3, -0.25) is 9.13 Å². The molecule has 0 amide bonds. The molecule has 0 N–H and O–H groups in total.